The van der Waals surface area contributed by atoms with Gasteiger partial charge in [-0.05, 0) is 30.5 Å². The second-order valence-corrected chi connectivity index (χ2v) is 6.93. The van der Waals surface area contributed by atoms with Crippen molar-refractivity contribution in [2.24, 2.45) is 13.0 Å². The molecule has 144 valence electrons. The summed E-state index contributed by atoms with van der Waals surface area (Å²) in [6.07, 6.45) is 5.41. The van der Waals surface area contributed by atoms with Crippen LogP contribution in [0.4, 0.5) is 4.39 Å². The Kier molecular flexibility index (Phi) is 5.88. The van der Waals surface area contributed by atoms with Crippen LogP contribution in [0, 0.1) is 11.7 Å². The molecule has 7 heteroatoms. The van der Waals surface area contributed by atoms with Crippen LogP contribution in [0.1, 0.15) is 43.6 Å². The minimum atomic E-state index is -0.551. The van der Waals surface area contributed by atoms with Gasteiger partial charge in [0.15, 0.2) is 0 Å². The van der Waals surface area contributed by atoms with E-state index in [-0.39, 0.29) is 23.5 Å². The molecule has 2 atom stereocenters. The van der Waals surface area contributed by atoms with E-state index in [0.717, 1.165) is 12.8 Å². The zero-order valence-electron chi connectivity index (χ0n) is 15.7. The van der Waals surface area contributed by atoms with Crippen molar-refractivity contribution in [2.75, 3.05) is 13.1 Å². The molecular formula is C20H25FN4O2. The van der Waals surface area contributed by atoms with Gasteiger partial charge in [0.1, 0.15) is 17.7 Å². The van der Waals surface area contributed by atoms with E-state index in [2.05, 4.69) is 10.3 Å². The standard InChI is InChI=1S/C20H25FN4O2/c1-3-17(26)25-10-5-7-15(13-25)20(27)23-18(19-22-9-11-24(19)2)14-6-4-8-16(21)12-14/h4,6,8-9,11-12,15,18H,3,5,7,10,13H2,1-2H3,(H,23,27). The number of amides is 2. The molecule has 1 N–H and O–H groups in total. The summed E-state index contributed by atoms with van der Waals surface area (Å²) in [6.45, 7) is 2.95. The zero-order chi connectivity index (χ0) is 19.4. The first-order valence-electron chi connectivity index (χ1n) is 9.30. The van der Waals surface area contributed by atoms with E-state index in [1.165, 1.54) is 12.1 Å². The van der Waals surface area contributed by atoms with Crippen LogP contribution in [-0.2, 0) is 16.6 Å². The molecule has 0 radical (unpaired) electrons. The number of piperidine rings is 1. The van der Waals surface area contributed by atoms with Gasteiger partial charge in [-0.15, -0.1) is 0 Å². The molecule has 2 aromatic rings. The highest BCUT2D eigenvalue weighted by Crippen LogP contribution is 2.24. The fourth-order valence-corrected chi connectivity index (χ4v) is 3.54. The highest BCUT2D eigenvalue weighted by atomic mass is 19.1. The Morgan fingerprint density at radius 1 is 1.41 bits per heavy atom. The summed E-state index contributed by atoms with van der Waals surface area (Å²) < 4.78 is 15.6. The molecule has 0 aliphatic carbocycles. The van der Waals surface area contributed by atoms with Gasteiger partial charge in [-0.2, -0.15) is 0 Å². The molecule has 1 fully saturated rings. The number of carbonyl (C=O) groups is 2. The Labute approximate surface area is 158 Å². The monoisotopic (exact) mass is 372 g/mol. The lowest BCUT2D eigenvalue weighted by Gasteiger charge is -2.33. The van der Waals surface area contributed by atoms with Crippen molar-refractivity contribution < 1.29 is 14.0 Å². The summed E-state index contributed by atoms with van der Waals surface area (Å²) in [7, 11) is 1.84. The number of likely N-dealkylation sites (tertiary alicyclic amines) is 1. The molecule has 2 heterocycles. The molecule has 27 heavy (non-hydrogen) atoms. The third-order valence-corrected chi connectivity index (χ3v) is 5.03. The average Bonchev–Trinajstić information content (AvgIpc) is 3.11. The van der Waals surface area contributed by atoms with E-state index >= 15 is 0 Å². The molecule has 2 amide bonds. The molecule has 1 aromatic carbocycles. The van der Waals surface area contributed by atoms with E-state index in [9.17, 15) is 14.0 Å². The van der Waals surface area contributed by atoms with Gasteiger partial charge in [0.05, 0.1) is 5.92 Å². The van der Waals surface area contributed by atoms with Crippen LogP contribution in [0.15, 0.2) is 36.7 Å². The number of nitrogens with one attached hydrogen (secondary N) is 1. The number of aromatic nitrogens is 2. The third-order valence-electron chi connectivity index (χ3n) is 5.03. The molecule has 3 rings (SSSR count). The molecule has 6 nitrogen and oxygen atoms in total. The number of benzene rings is 1. The molecule has 2 unspecified atom stereocenters. The van der Waals surface area contributed by atoms with Crippen LogP contribution in [0.25, 0.3) is 0 Å². The average molecular weight is 372 g/mol. The van der Waals surface area contributed by atoms with Crippen molar-refractivity contribution in [1.29, 1.82) is 0 Å². The molecule has 1 saturated heterocycles. The van der Waals surface area contributed by atoms with Crippen LogP contribution in [-0.4, -0.2) is 39.4 Å². The van der Waals surface area contributed by atoms with E-state index in [1.807, 2.05) is 18.5 Å². The van der Waals surface area contributed by atoms with Crippen molar-refractivity contribution >= 4 is 11.8 Å². The molecule has 0 saturated carbocycles. The Morgan fingerprint density at radius 2 is 2.22 bits per heavy atom. The first kappa shape index (κ1) is 19.1. The van der Waals surface area contributed by atoms with Crippen LogP contribution in [0.2, 0.25) is 0 Å². The minimum Gasteiger partial charge on any atom is -0.342 e. The summed E-state index contributed by atoms with van der Waals surface area (Å²) in [5.41, 5.74) is 0.634. The third kappa shape index (κ3) is 4.35. The molecule has 0 bridgehead atoms. The molecular weight excluding hydrogens is 347 g/mol. The van der Waals surface area contributed by atoms with Crippen LogP contribution in [0.5, 0.6) is 0 Å². The van der Waals surface area contributed by atoms with Crippen molar-refractivity contribution in [1.82, 2.24) is 19.8 Å². The topological polar surface area (TPSA) is 67.2 Å². The SMILES string of the molecule is CCC(=O)N1CCCC(C(=O)NC(c2cccc(F)c2)c2nccn2C)C1. The van der Waals surface area contributed by atoms with Crippen molar-refractivity contribution in [2.45, 2.75) is 32.2 Å². The Bertz CT molecular complexity index is 820. The maximum absolute atomic E-state index is 13.8. The van der Waals surface area contributed by atoms with E-state index in [0.29, 0.717) is 30.9 Å². The van der Waals surface area contributed by atoms with E-state index < -0.39 is 6.04 Å². The summed E-state index contributed by atoms with van der Waals surface area (Å²) in [4.78, 5) is 31.0. The van der Waals surface area contributed by atoms with Gasteiger partial charge in [-0.1, -0.05) is 19.1 Å². The number of carbonyl (C=O) groups excluding carboxylic acids is 2. The van der Waals surface area contributed by atoms with Crippen molar-refractivity contribution in [3.05, 3.63) is 53.9 Å². The lowest BCUT2D eigenvalue weighted by molar-refractivity contribution is -0.135. The van der Waals surface area contributed by atoms with Crippen LogP contribution < -0.4 is 5.32 Å². The van der Waals surface area contributed by atoms with Crippen molar-refractivity contribution in [3.8, 4) is 0 Å². The van der Waals surface area contributed by atoms with Crippen molar-refractivity contribution in [3.63, 3.8) is 0 Å². The maximum Gasteiger partial charge on any atom is 0.225 e. The van der Waals surface area contributed by atoms with Gasteiger partial charge in [-0.25, -0.2) is 9.37 Å². The minimum absolute atomic E-state index is 0.0679. The number of hydrogen-bond acceptors (Lipinski definition) is 3. The Balaban J connectivity index is 1.81. The van der Waals surface area contributed by atoms with Crippen LogP contribution >= 0.6 is 0 Å². The number of hydrogen-bond donors (Lipinski definition) is 1. The number of imidazole rings is 1. The lowest BCUT2D eigenvalue weighted by Crippen LogP contribution is -2.46. The second kappa shape index (κ2) is 8.33. The van der Waals surface area contributed by atoms with Gasteiger partial charge in [0.25, 0.3) is 0 Å². The largest absolute Gasteiger partial charge is 0.342 e. The van der Waals surface area contributed by atoms with Gasteiger partial charge < -0.3 is 14.8 Å². The fraction of sp³-hybridized carbons (Fsp3) is 0.450. The molecule has 1 aliphatic heterocycles. The first-order valence-corrected chi connectivity index (χ1v) is 9.30. The van der Waals surface area contributed by atoms with Gasteiger partial charge in [-0.3, -0.25) is 9.59 Å². The predicted molar refractivity (Wildman–Crippen MR) is 99.2 cm³/mol. The zero-order valence-corrected chi connectivity index (χ0v) is 15.7. The van der Waals surface area contributed by atoms with E-state index in [1.54, 1.807) is 29.4 Å². The summed E-state index contributed by atoms with van der Waals surface area (Å²) >= 11 is 0. The Hall–Kier alpha value is -2.70. The molecule has 1 aliphatic rings. The number of halogens is 1. The van der Waals surface area contributed by atoms with E-state index in [4.69, 9.17) is 0 Å². The summed E-state index contributed by atoms with van der Waals surface area (Å²) in [5.74, 6) is -0.0747. The summed E-state index contributed by atoms with van der Waals surface area (Å²) in [6, 6.07) is 5.63. The fourth-order valence-electron chi connectivity index (χ4n) is 3.54. The normalized spacial score (nSPS) is 18.2. The first-order chi connectivity index (χ1) is 13.0. The van der Waals surface area contributed by atoms with Crippen LogP contribution in [0.3, 0.4) is 0 Å². The number of nitrogens with zero attached hydrogens (tertiary/aromatic N) is 3. The maximum atomic E-state index is 13.8. The predicted octanol–water partition coefficient (Wildman–Crippen LogP) is 2.41. The van der Waals surface area contributed by atoms with Gasteiger partial charge >= 0.3 is 0 Å². The van der Waals surface area contributed by atoms with Gasteiger partial charge in [0, 0.05) is 39.0 Å². The molecule has 0 spiro atoms. The number of aryl methyl sites for hydroxylation is 1. The highest BCUT2D eigenvalue weighted by Gasteiger charge is 2.30. The lowest BCUT2D eigenvalue weighted by atomic mass is 9.95. The molecule has 1 aromatic heterocycles. The quantitative estimate of drug-likeness (QED) is 0.876. The second-order valence-electron chi connectivity index (χ2n) is 6.93. The highest BCUT2D eigenvalue weighted by molar-refractivity contribution is 5.81. The number of rotatable bonds is 5. The Morgan fingerprint density at radius 3 is 2.89 bits per heavy atom. The van der Waals surface area contributed by atoms with Gasteiger partial charge in [0.2, 0.25) is 11.8 Å². The summed E-state index contributed by atoms with van der Waals surface area (Å²) in [5, 5.41) is 3.02. The smallest absolute Gasteiger partial charge is 0.225 e.